The molecule has 0 spiro atoms. The number of nitrogens with one attached hydrogen (secondary N) is 2. The summed E-state index contributed by atoms with van der Waals surface area (Å²) in [5.74, 6) is 1.19. The lowest BCUT2D eigenvalue weighted by molar-refractivity contribution is 0.657. The predicted molar refractivity (Wildman–Crippen MR) is 65.5 cm³/mol. The SMILES string of the molecule is CC(C)c1n[nH]c(=S)n1Cc1csc(=O)[nH]1. The monoisotopic (exact) mass is 256 g/mol. The molecule has 0 aromatic carbocycles. The highest BCUT2D eigenvalue weighted by Gasteiger charge is 2.10. The quantitative estimate of drug-likeness (QED) is 0.824. The molecule has 2 N–H and O–H groups in total. The standard InChI is InChI=1S/C9H12N4OS2/c1-5(2)7-11-12-8(15)13(7)3-6-4-16-9(14)10-6/h4-5H,3H2,1-2H3,(H,10,14)(H,12,15). The van der Waals surface area contributed by atoms with Gasteiger partial charge < -0.3 is 4.98 Å². The van der Waals surface area contributed by atoms with E-state index in [1.54, 1.807) is 5.38 Å². The van der Waals surface area contributed by atoms with Crippen LogP contribution in [0.1, 0.15) is 31.3 Å². The zero-order valence-corrected chi connectivity index (χ0v) is 10.6. The van der Waals surface area contributed by atoms with Crippen LogP contribution in [0.5, 0.6) is 0 Å². The van der Waals surface area contributed by atoms with Crippen molar-refractivity contribution >= 4 is 23.6 Å². The van der Waals surface area contributed by atoms with Gasteiger partial charge in [-0.25, -0.2) is 0 Å². The Bertz CT molecular complexity index is 589. The van der Waals surface area contributed by atoms with E-state index in [-0.39, 0.29) is 4.87 Å². The van der Waals surface area contributed by atoms with Crippen LogP contribution in [0.15, 0.2) is 10.2 Å². The van der Waals surface area contributed by atoms with Gasteiger partial charge in [-0.15, -0.1) is 0 Å². The van der Waals surface area contributed by atoms with Crippen LogP contribution < -0.4 is 4.87 Å². The summed E-state index contributed by atoms with van der Waals surface area (Å²) in [7, 11) is 0. The highest BCUT2D eigenvalue weighted by molar-refractivity contribution is 7.71. The van der Waals surface area contributed by atoms with Crippen molar-refractivity contribution in [2.75, 3.05) is 0 Å². The van der Waals surface area contributed by atoms with Gasteiger partial charge in [-0.05, 0) is 12.2 Å². The van der Waals surface area contributed by atoms with Crippen molar-refractivity contribution in [2.24, 2.45) is 0 Å². The molecule has 0 saturated carbocycles. The summed E-state index contributed by atoms with van der Waals surface area (Å²) >= 11 is 6.31. The summed E-state index contributed by atoms with van der Waals surface area (Å²) in [5, 5.41) is 8.75. The molecule has 0 aliphatic carbocycles. The minimum atomic E-state index is -0.0453. The highest BCUT2D eigenvalue weighted by atomic mass is 32.1. The molecule has 0 radical (unpaired) electrons. The van der Waals surface area contributed by atoms with Crippen molar-refractivity contribution in [1.82, 2.24) is 19.7 Å². The second kappa shape index (κ2) is 4.34. The van der Waals surface area contributed by atoms with Crippen LogP contribution in [0.2, 0.25) is 0 Å². The molecule has 2 heterocycles. The van der Waals surface area contributed by atoms with Gasteiger partial charge in [-0.3, -0.25) is 14.5 Å². The minimum absolute atomic E-state index is 0.0453. The molecule has 5 nitrogen and oxygen atoms in total. The molecule has 0 fully saturated rings. The molecule has 0 saturated heterocycles. The molecule has 2 aromatic heterocycles. The van der Waals surface area contributed by atoms with Crippen molar-refractivity contribution in [1.29, 1.82) is 0 Å². The molecule has 0 aliphatic heterocycles. The lowest BCUT2D eigenvalue weighted by Crippen LogP contribution is -2.08. The first-order valence-corrected chi connectivity index (χ1v) is 6.18. The third-order valence-corrected chi connectivity index (χ3v) is 3.23. The second-order valence-corrected chi connectivity index (χ2v) is 5.03. The first-order valence-electron chi connectivity index (χ1n) is 4.89. The Balaban J connectivity index is 2.37. The lowest BCUT2D eigenvalue weighted by atomic mass is 10.2. The highest BCUT2D eigenvalue weighted by Crippen LogP contribution is 2.13. The second-order valence-electron chi connectivity index (χ2n) is 3.80. The Hall–Kier alpha value is -1.21. The molecular weight excluding hydrogens is 244 g/mol. The lowest BCUT2D eigenvalue weighted by Gasteiger charge is -2.07. The number of rotatable bonds is 3. The number of hydrogen-bond acceptors (Lipinski definition) is 4. The van der Waals surface area contributed by atoms with Crippen LogP contribution in [-0.2, 0) is 6.54 Å². The van der Waals surface area contributed by atoms with Crippen LogP contribution in [0.3, 0.4) is 0 Å². The number of H-pyrrole nitrogens is 2. The van der Waals surface area contributed by atoms with E-state index >= 15 is 0 Å². The van der Waals surface area contributed by atoms with Crippen LogP contribution in [-0.4, -0.2) is 19.7 Å². The maximum atomic E-state index is 11.0. The van der Waals surface area contributed by atoms with Gasteiger partial charge in [-0.1, -0.05) is 25.2 Å². The first kappa shape index (κ1) is 11.3. The molecule has 86 valence electrons. The molecule has 16 heavy (non-hydrogen) atoms. The van der Waals surface area contributed by atoms with Gasteiger partial charge in [0.15, 0.2) is 4.77 Å². The van der Waals surface area contributed by atoms with Gasteiger partial charge in [-0.2, -0.15) is 5.10 Å². The van der Waals surface area contributed by atoms with E-state index in [1.165, 1.54) is 0 Å². The maximum Gasteiger partial charge on any atom is 0.304 e. The van der Waals surface area contributed by atoms with E-state index in [4.69, 9.17) is 12.2 Å². The van der Waals surface area contributed by atoms with Crippen molar-refractivity contribution < 1.29 is 0 Å². The van der Waals surface area contributed by atoms with Crippen LogP contribution >= 0.6 is 23.6 Å². The Kier molecular flexibility index (Phi) is 3.06. The fourth-order valence-corrected chi connectivity index (χ4v) is 2.26. The smallest absolute Gasteiger partial charge is 0.304 e. The van der Waals surface area contributed by atoms with Crippen molar-refractivity contribution in [3.05, 3.63) is 31.3 Å². The summed E-state index contributed by atoms with van der Waals surface area (Å²) in [6, 6.07) is 0. The van der Waals surface area contributed by atoms with Gasteiger partial charge >= 0.3 is 4.87 Å². The zero-order chi connectivity index (χ0) is 11.7. The largest absolute Gasteiger partial charge is 0.315 e. The summed E-state index contributed by atoms with van der Waals surface area (Å²) < 4.78 is 2.48. The summed E-state index contributed by atoms with van der Waals surface area (Å²) in [6.45, 7) is 4.66. The number of thiazole rings is 1. The van der Waals surface area contributed by atoms with Crippen molar-refractivity contribution in [2.45, 2.75) is 26.3 Å². The van der Waals surface area contributed by atoms with Gasteiger partial charge in [0.1, 0.15) is 5.82 Å². The number of hydrogen-bond donors (Lipinski definition) is 2. The number of nitrogens with zero attached hydrogens (tertiary/aromatic N) is 2. The fraction of sp³-hybridized carbons (Fsp3) is 0.444. The van der Waals surface area contributed by atoms with E-state index in [1.807, 2.05) is 4.57 Å². The predicted octanol–water partition coefficient (Wildman–Crippen LogP) is 1.86. The number of aromatic nitrogens is 4. The van der Waals surface area contributed by atoms with E-state index in [2.05, 4.69) is 29.0 Å². The van der Waals surface area contributed by atoms with Gasteiger partial charge in [0.25, 0.3) is 0 Å². The van der Waals surface area contributed by atoms with Crippen LogP contribution in [0.4, 0.5) is 0 Å². The minimum Gasteiger partial charge on any atom is -0.315 e. The molecule has 2 rings (SSSR count). The van der Waals surface area contributed by atoms with Gasteiger partial charge in [0.05, 0.1) is 6.54 Å². The molecule has 0 aliphatic rings. The first-order chi connectivity index (χ1) is 7.58. The zero-order valence-electron chi connectivity index (χ0n) is 8.98. The third-order valence-electron chi connectivity index (χ3n) is 2.20. The van der Waals surface area contributed by atoms with Gasteiger partial charge in [0.2, 0.25) is 0 Å². The molecular formula is C9H12N4OS2. The molecule has 0 amide bonds. The van der Waals surface area contributed by atoms with E-state index < -0.39 is 0 Å². The van der Waals surface area contributed by atoms with E-state index in [0.717, 1.165) is 22.9 Å². The Morgan fingerprint density at radius 1 is 1.62 bits per heavy atom. The van der Waals surface area contributed by atoms with Crippen molar-refractivity contribution in [3.8, 4) is 0 Å². The molecule has 7 heteroatoms. The summed E-state index contributed by atoms with van der Waals surface area (Å²) in [4.78, 5) is 13.7. The fourth-order valence-electron chi connectivity index (χ4n) is 1.49. The van der Waals surface area contributed by atoms with Gasteiger partial charge in [0, 0.05) is 17.0 Å². The Labute approximate surface area is 101 Å². The molecule has 0 atom stereocenters. The van der Waals surface area contributed by atoms with E-state index in [0.29, 0.717) is 17.2 Å². The summed E-state index contributed by atoms with van der Waals surface area (Å²) in [5.41, 5.74) is 0.856. The van der Waals surface area contributed by atoms with Crippen molar-refractivity contribution in [3.63, 3.8) is 0 Å². The van der Waals surface area contributed by atoms with Crippen LogP contribution in [0.25, 0.3) is 0 Å². The van der Waals surface area contributed by atoms with E-state index in [9.17, 15) is 4.79 Å². The Morgan fingerprint density at radius 2 is 2.38 bits per heavy atom. The number of aromatic amines is 2. The van der Waals surface area contributed by atoms with Crippen LogP contribution in [0, 0.1) is 4.77 Å². The summed E-state index contributed by atoms with van der Waals surface area (Å²) in [6.07, 6.45) is 0. The average molecular weight is 256 g/mol. The third kappa shape index (κ3) is 2.14. The Morgan fingerprint density at radius 3 is 2.94 bits per heavy atom. The topological polar surface area (TPSA) is 66.5 Å². The normalized spacial score (nSPS) is 11.2. The molecule has 0 bridgehead atoms. The molecule has 2 aromatic rings. The maximum absolute atomic E-state index is 11.0. The average Bonchev–Trinajstić information content (AvgIpc) is 2.76. The molecule has 0 unspecified atom stereocenters.